The summed E-state index contributed by atoms with van der Waals surface area (Å²) in [5.41, 5.74) is 3.08. The number of imidazole rings is 1. The molecule has 1 aliphatic heterocycles. The number of unbranched alkanes of at least 4 members (excludes halogenated alkanes) is 1. The Morgan fingerprint density at radius 3 is 2.62 bits per heavy atom. The summed E-state index contributed by atoms with van der Waals surface area (Å²) in [5, 5.41) is 11.6. The van der Waals surface area contributed by atoms with Gasteiger partial charge in [-0.1, -0.05) is 37.6 Å². The topological polar surface area (TPSA) is 97.0 Å². The van der Waals surface area contributed by atoms with Crippen LogP contribution in [0.2, 0.25) is 0 Å². The van der Waals surface area contributed by atoms with E-state index in [0.29, 0.717) is 35.0 Å². The van der Waals surface area contributed by atoms with Crippen LogP contribution >= 0.6 is 0 Å². The zero-order valence-electron chi connectivity index (χ0n) is 20.8. The van der Waals surface area contributed by atoms with Crippen molar-refractivity contribution in [2.24, 2.45) is 0 Å². The van der Waals surface area contributed by atoms with Crippen LogP contribution in [0.3, 0.4) is 0 Å². The highest BCUT2D eigenvalue weighted by Crippen LogP contribution is 2.41. The van der Waals surface area contributed by atoms with Crippen LogP contribution in [0, 0.1) is 6.92 Å². The van der Waals surface area contributed by atoms with Gasteiger partial charge in [0.25, 0.3) is 11.7 Å². The number of aromatic nitrogens is 3. The number of aliphatic hydroxyl groups is 1. The van der Waals surface area contributed by atoms with E-state index >= 15 is 0 Å². The monoisotopic (exact) mass is 496 g/mol. The van der Waals surface area contributed by atoms with Gasteiger partial charge in [-0.25, -0.2) is 4.98 Å². The van der Waals surface area contributed by atoms with E-state index in [9.17, 15) is 14.7 Å². The molecule has 0 spiro atoms. The lowest BCUT2D eigenvalue weighted by atomic mass is 9.96. The largest absolute Gasteiger partial charge is 0.505 e. The molecule has 3 aromatic heterocycles. The number of aliphatic hydroxyl groups excluding tert-OH is 1. The zero-order valence-corrected chi connectivity index (χ0v) is 20.8. The molecule has 1 atom stereocenters. The predicted molar refractivity (Wildman–Crippen MR) is 139 cm³/mol. The Morgan fingerprint density at radius 2 is 1.89 bits per heavy atom. The molecule has 0 saturated carbocycles. The second kappa shape index (κ2) is 10.3. The van der Waals surface area contributed by atoms with Gasteiger partial charge < -0.3 is 14.7 Å². The molecular formula is C29H28N4O4. The number of likely N-dealkylation sites (tertiary alicyclic amines) is 1. The van der Waals surface area contributed by atoms with Crippen LogP contribution in [0.25, 0.3) is 11.4 Å². The minimum atomic E-state index is -0.793. The molecule has 8 nitrogen and oxygen atoms in total. The summed E-state index contributed by atoms with van der Waals surface area (Å²) < 4.78 is 7.52. The Morgan fingerprint density at radius 1 is 1.08 bits per heavy atom. The summed E-state index contributed by atoms with van der Waals surface area (Å²) in [4.78, 5) is 36.9. The molecule has 1 unspecified atom stereocenters. The lowest BCUT2D eigenvalue weighted by molar-refractivity contribution is -0.140. The molecule has 1 fully saturated rings. The number of carbonyl (C=O) groups excluding carboxylic acids is 2. The number of hydrogen-bond donors (Lipinski definition) is 1. The number of amides is 1. The van der Waals surface area contributed by atoms with Crippen molar-refractivity contribution in [1.82, 2.24) is 19.3 Å². The first-order valence-electron chi connectivity index (χ1n) is 12.3. The molecule has 0 radical (unpaired) electrons. The lowest BCUT2D eigenvalue weighted by Crippen LogP contribution is -2.29. The quantitative estimate of drug-likeness (QED) is 0.162. The van der Waals surface area contributed by atoms with Crippen LogP contribution < -0.4 is 4.74 Å². The average Bonchev–Trinajstić information content (AvgIpc) is 3.38. The summed E-state index contributed by atoms with van der Waals surface area (Å²) in [6.45, 7) is 4.65. The standard InChI is InChI=1S/C29H28N4O4/c1-3-4-16-37-22-12-10-21(11-13-22)26-24(27(34)25-19(2)31-23-9-5-6-15-32(23)25)28(35)29(36)33(26)18-20-8-7-14-30-17-20/h5-15,17,26,34H,3-4,16,18H2,1-2H3. The van der Waals surface area contributed by atoms with Crippen molar-refractivity contribution in [3.8, 4) is 5.75 Å². The van der Waals surface area contributed by atoms with Gasteiger partial charge >= 0.3 is 0 Å². The minimum Gasteiger partial charge on any atom is -0.505 e. The summed E-state index contributed by atoms with van der Waals surface area (Å²) >= 11 is 0. The number of ether oxygens (including phenoxy) is 1. The van der Waals surface area contributed by atoms with Gasteiger partial charge in [0.15, 0.2) is 5.76 Å². The number of carbonyl (C=O) groups is 2. The second-order valence-electron chi connectivity index (χ2n) is 9.03. The number of Topliss-reactive ketones (excluding diaryl/α,β-unsaturated/α-hetero) is 1. The Bertz CT molecular complexity index is 1480. The van der Waals surface area contributed by atoms with Gasteiger partial charge in [0.2, 0.25) is 0 Å². The van der Waals surface area contributed by atoms with E-state index in [0.717, 1.165) is 18.4 Å². The van der Waals surface area contributed by atoms with Crippen molar-refractivity contribution in [2.45, 2.75) is 39.3 Å². The van der Waals surface area contributed by atoms with E-state index < -0.39 is 17.7 Å². The first-order valence-corrected chi connectivity index (χ1v) is 12.3. The molecule has 1 aromatic carbocycles. The fourth-order valence-electron chi connectivity index (χ4n) is 4.69. The lowest BCUT2D eigenvalue weighted by Gasteiger charge is -2.25. The SMILES string of the molecule is CCCCOc1ccc(C2C(=C(O)c3c(C)nc4ccccn34)C(=O)C(=O)N2Cc2cccnc2)cc1. The highest BCUT2D eigenvalue weighted by atomic mass is 16.5. The molecule has 1 aliphatic rings. The molecule has 1 N–H and O–H groups in total. The number of rotatable bonds is 8. The van der Waals surface area contributed by atoms with Crippen LogP contribution in [0.5, 0.6) is 5.75 Å². The molecule has 8 heteroatoms. The summed E-state index contributed by atoms with van der Waals surface area (Å²) in [7, 11) is 0. The normalized spacial score (nSPS) is 17.0. The van der Waals surface area contributed by atoms with Crippen LogP contribution in [0.1, 0.15) is 48.3 Å². The van der Waals surface area contributed by atoms with E-state index in [1.54, 1.807) is 36.0 Å². The number of fused-ring (bicyclic) bond motifs is 1. The van der Waals surface area contributed by atoms with Gasteiger partial charge in [-0.3, -0.25) is 19.0 Å². The van der Waals surface area contributed by atoms with E-state index in [1.165, 1.54) is 4.90 Å². The molecule has 4 aromatic rings. The Balaban J connectivity index is 1.63. The van der Waals surface area contributed by atoms with Gasteiger partial charge in [0.05, 0.1) is 23.9 Å². The average molecular weight is 497 g/mol. The van der Waals surface area contributed by atoms with E-state index in [2.05, 4.69) is 16.9 Å². The molecule has 1 amide bonds. The van der Waals surface area contributed by atoms with Gasteiger partial charge in [-0.05, 0) is 54.8 Å². The van der Waals surface area contributed by atoms with Gasteiger partial charge in [0, 0.05) is 25.1 Å². The molecule has 5 rings (SSSR count). The van der Waals surface area contributed by atoms with Crippen molar-refractivity contribution in [3.63, 3.8) is 0 Å². The maximum Gasteiger partial charge on any atom is 0.295 e. The van der Waals surface area contributed by atoms with Gasteiger partial charge in [-0.15, -0.1) is 0 Å². The zero-order chi connectivity index (χ0) is 25.9. The van der Waals surface area contributed by atoms with Gasteiger partial charge in [-0.2, -0.15) is 0 Å². The Labute approximate surface area is 214 Å². The first-order chi connectivity index (χ1) is 18.0. The maximum absolute atomic E-state index is 13.4. The van der Waals surface area contributed by atoms with Crippen molar-refractivity contribution < 1.29 is 19.4 Å². The molecule has 37 heavy (non-hydrogen) atoms. The molecule has 4 heterocycles. The van der Waals surface area contributed by atoms with Crippen LogP contribution in [-0.4, -0.2) is 42.7 Å². The van der Waals surface area contributed by atoms with Crippen molar-refractivity contribution >= 4 is 23.1 Å². The highest BCUT2D eigenvalue weighted by molar-refractivity contribution is 6.46. The summed E-state index contributed by atoms with van der Waals surface area (Å²) in [6.07, 6.45) is 7.07. The van der Waals surface area contributed by atoms with Crippen molar-refractivity contribution in [3.05, 3.63) is 101 Å². The number of benzene rings is 1. The Kier molecular flexibility index (Phi) is 6.72. The number of nitrogens with zero attached hydrogens (tertiary/aromatic N) is 4. The minimum absolute atomic E-state index is 0.0299. The van der Waals surface area contributed by atoms with E-state index in [-0.39, 0.29) is 17.9 Å². The molecular weight excluding hydrogens is 468 g/mol. The fraction of sp³-hybridized carbons (Fsp3) is 0.241. The van der Waals surface area contributed by atoms with E-state index in [1.807, 2.05) is 48.5 Å². The maximum atomic E-state index is 13.4. The number of ketones is 1. The molecule has 0 aliphatic carbocycles. The first kappa shape index (κ1) is 24.2. The second-order valence-corrected chi connectivity index (χ2v) is 9.03. The number of pyridine rings is 2. The van der Waals surface area contributed by atoms with E-state index in [4.69, 9.17) is 4.74 Å². The molecule has 1 saturated heterocycles. The van der Waals surface area contributed by atoms with Crippen molar-refractivity contribution in [2.75, 3.05) is 6.61 Å². The van der Waals surface area contributed by atoms with Crippen molar-refractivity contribution in [1.29, 1.82) is 0 Å². The fourth-order valence-corrected chi connectivity index (χ4v) is 4.69. The summed E-state index contributed by atoms with van der Waals surface area (Å²) in [6, 6.07) is 15.7. The molecule has 188 valence electrons. The summed E-state index contributed by atoms with van der Waals surface area (Å²) in [5.74, 6) is -0.958. The third kappa shape index (κ3) is 4.58. The van der Waals surface area contributed by atoms with Crippen LogP contribution in [0.4, 0.5) is 0 Å². The Hall–Kier alpha value is -4.46. The van der Waals surface area contributed by atoms with Crippen LogP contribution in [0.15, 0.2) is 78.8 Å². The highest BCUT2D eigenvalue weighted by Gasteiger charge is 2.46. The number of hydrogen-bond acceptors (Lipinski definition) is 6. The smallest absolute Gasteiger partial charge is 0.295 e. The third-order valence-corrected chi connectivity index (χ3v) is 6.51. The third-order valence-electron chi connectivity index (χ3n) is 6.51. The van der Waals surface area contributed by atoms with Gasteiger partial charge in [0.1, 0.15) is 17.1 Å². The number of aryl methyl sites for hydroxylation is 1. The molecule has 0 bridgehead atoms. The van der Waals surface area contributed by atoms with Crippen LogP contribution in [-0.2, 0) is 16.1 Å². The predicted octanol–water partition coefficient (Wildman–Crippen LogP) is 4.84.